The molecule has 0 N–H and O–H groups in total. The molecule has 1 amide bonds. The maximum atomic E-state index is 10.8. The van der Waals surface area contributed by atoms with E-state index in [1.165, 1.54) is 6.92 Å². The molecule has 1 heterocycles. The van der Waals surface area contributed by atoms with E-state index in [4.69, 9.17) is 0 Å². The summed E-state index contributed by atoms with van der Waals surface area (Å²) >= 11 is 0. The lowest BCUT2D eigenvalue weighted by Crippen LogP contribution is -2.27. The Balaban J connectivity index is 2.70. The highest BCUT2D eigenvalue weighted by atomic mass is 16.2. The average molecular weight is 153 g/mol. The quantitative estimate of drug-likeness (QED) is 0.520. The molecule has 0 aromatic rings. The normalized spacial score (nSPS) is 17.5. The molecule has 0 aliphatic carbocycles. The van der Waals surface area contributed by atoms with Crippen molar-refractivity contribution >= 4 is 12.2 Å². The fraction of sp³-hybridized carbons (Fsp3) is 0.500. The topological polar surface area (TPSA) is 37.4 Å². The van der Waals surface area contributed by atoms with Gasteiger partial charge in [-0.25, -0.2) is 0 Å². The highest BCUT2D eigenvalue weighted by Crippen LogP contribution is 2.12. The van der Waals surface area contributed by atoms with Gasteiger partial charge in [-0.2, -0.15) is 0 Å². The monoisotopic (exact) mass is 153 g/mol. The molecule has 0 saturated carbocycles. The highest BCUT2D eigenvalue weighted by molar-refractivity contribution is 5.78. The lowest BCUT2D eigenvalue weighted by Gasteiger charge is -2.21. The second-order valence-corrected chi connectivity index (χ2v) is 2.64. The van der Waals surface area contributed by atoms with Crippen LogP contribution < -0.4 is 0 Å². The third-order valence-corrected chi connectivity index (χ3v) is 1.74. The van der Waals surface area contributed by atoms with E-state index in [1.54, 1.807) is 11.1 Å². The first kappa shape index (κ1) is 7.98. The van der Waals surface area contributed by atoms with Crippen molar-refractivity contribution in [3.05, 3.63) is 11.8 Å². The first-order valence-electron chi connectivity index (χ1n) is 3.67. The summed E-state index contributed by atoms with van der Waals surface area (Å²) in [5.41, 5.74) is 0.714. The number of nitrogens with zero attached hydrogens (tertiary/aromatic N) is 1. The van der Waals surface area contributed by atoms with E-state index in [-0.39, 0.29) is 5.91 Å². The first-order valence-corrected chi connectivity index (χ1v) is 3.67. The number of hydrogen-bond donors (Lipinski definition) is 0. The number of carbonyl (C=O) groups is 2. The maximum absolute atomic E-state index is 10.8. The van der Waals surface area contributed by atoms with E-state index in [2.05, 4.69) is 0 Å². The first-order chi connectivity index (χ1) is 5.24. The molecule has 0 aromatic heterocycles. The number of carbonyl (C=O) groups excluding carboxylic acids is 2. The van der Waals surface area contributed by atoms with Crippen molar-refractivity contribution in [2.24, 2.45) is 0 Å². The van der Waals surface area contributed by atoms with Crippen molar-refractivity contribution in [3.63, 3.8) is 0 Å². The Hall–Kier alpha value is -1.12. The van der Waals surface area contributed by atoms with Crippen molar-refractivity contribution in [3.8, 4) is 0 Å². The molecular formula is C8H11NO2. The molecule has 60 valence electrons. The summed E-state index contributed by atoms with van der Waals surface area (Å²) in [7, 11) is 0. The predicted molar refractivity (Wildman–Crippen MR) is 40.8 cm³/mol. The molecule has 0 atom stereocenters. The van der Waals surface area contributed by atoms with E-state index in [1.807, 2.05) is 0 Å². The minimum absolute atomic E-state index is 0.00375. The van der Waals surface area contributed by atoms with Gasteiger partial charge < -0.3 is 4.90 Å². The van der Waals surface area contributed by atoms with Gasteiger partial charge in [0.15, 0.2) is 0 Å². The molecule has 0 saturated heterocycles. The number of rotatable bonds is 1. The van der Waals surface area contributed by atoms with Crippen LogP contribution >= 0.6 is 0 Å². The van der Waals surface area contributed by atoms with Crippen LogP contribution in [-0.4, -0.2) is 23.6 Å². The smallest absolute Gasteiger partial charge is 0.223 e. The lowest BCUT2D eigenvalue weighted by molar-refractivity contribution is -0.126. The molecule has 0 spiro atoms. The van der Waals surface area contributed by atoms with Gasteiger partial charge in [0.25, 0.3) is 0 Å². The van der Waals surface area contributed by atoms with E-state index >= 15 is 0 Å². The summed E-state index contributed by atoms with van der Waals surface area (Å²) in [6, 6.07) is 0. The third kappa shape index (κ3) is 1.90. The Bertz CT molecular complexity index is 208. The Morgan fingerprint density at radius 1 is 1.73 bits per heavy atom. The minimum atomic E-state index is 0.00375. The zero-order chi connectivity index (χ0) is 8.27. The predicted octanol–water partition coefficient (Wildman–Crippen LogP) is 0.712. The van der Waals surface area contributed by atoms with Crippen LogP contribution in [0.5, 0.6) is 0 Å². The standard InChI is InChI=1S/C8H11NO2/c1-7(11)9-4-2-3-8(5-9)6-10/h5-6H,2-4H2,1H3. The summed E-state index contributed by atoms with van der Waals surface area (Å²) < 4.78 is 0. The van der Waals surface area contributed by atoms with Gasteiger partial charge in [-0.15, -0.1) is 0 Å². The van der Waals surface area contributed by atoms with Crippen LogP contribution in [0.15, 0.2) is 11.8 Å². The average Bonchev–Trinajstić information content (AvgIpc) is 2.05. The zero-order valence-electron chi connectivity index (χ0n) is 6.54. The summed E-state index contributed by atoms with van der Waals surface area (Å²) in [5, 5.41) is 0. The van der Waals surface area contributed by atoms with Gasteiger partial charge in [0, 0.05) is 25.2 Å². The zero-order valence-corrected chi connectivity index (χ0v) is 6.54. The van der Waals surface area contributed by atoms with Crippen LogP contribution in [0.25, 0.3) is 0 Å². The minimum Gasteiger partial charge on any atom is -0.319 e. The van der Waals surface area contributed by atoms with E-state index in [9.17, 15) is 9.59 Å². The number of allylic oxidation sites excluding steroid dienone is 1. The van der Waals surface area contributed by atoms with E-state index in [0.717, 1.165) is 25.7 Å². The van der Waals surface area contributed by atoms with Crippen molar-refractivity contribution in [1.29, 1.82) is 0 Å². The maximum Gasteiger partial charge on any atom is 0.223 e. The van der Waals surface area contributed by atoms with Gasteiger partial charge >= 0.3 is 0 Å². The van der Waals surface area contributed by atoms with Gasteiger partial charge in [-0.3, -0.25) is 9.59 Å². The molecule has 0 bridgehead atoms. The summed E-state index contributed by atoms with van der Waals surface area (Å²) in [5.74, 6) is 0.00375. The largest absolute Gasteiger partial charge is 0.319 e. The summed E-state index contributed by atoms with van der Waals surface area (Å²) in [6.45, 7) is 2.25. The van der Waals surface area contributed by atoms with Crippen LogP contribution in [-0.2, 0) is 9.59 Å². The molecule has 0 aromatic carbocycles. The van der Waals surface area contributed by atoms with E-state index in [0.29, 0.717) is 5.57 Å². The number of aldehydes is 1. The van der Waals surface area contributed by atoms with E-state index < -0.39 is 0 Å². The van der Waals surface area contributed by atoms with Gasteiger partial charge in [-0.1, -0.05) is 0 Å². The summed E-state index contributed by atoms with van der Waals surface area (Å²) in [4.78, 5) is 22.7. The molecule has 3 heteroatoms. The fourth-order valence-electron chi connectivity index (χ4n) is 1.12. The van der Waals surface area contributed by atoms with Crippen molar-refractivity contribution in [2.75, 3.05) is 6.54 Å². The molecule has 0 unspecified atom stereocenters. The second kappa shape index (κ2) is 3.32. The Morgan fingerprint density at radius 2 is 2.45 bits per heavy atom. The SMILES string of the molecule is CC(=O)N1C=C(C=O)CCC1. The van der Waals surface area contributed by atoms with Crippen molar-refractivity contribution < 1.29 is 9.59 Å². The molecule has 3 nitrogen and oxygen atoms in total. The van der Waals surface area contributed by atoms with Gasteiger partial charge in [-0.05, 0) is 12.8 Å². The molecule has 11 heavy (non-hydrogen) atoms. The molecule has 1 rings (SSSR count). The third-order valence-electron chi connectivity index (χ3n) is 1.74. The van der Waals surface area contributed by atoms with Gasteiger partial charge in [0.1, 0.15) is 6.29 Å². The fourth-order valence-corrected chi connectivity index (χ4v) is 1.12. The molecule has 1 aliphatic heterocycles. The second-order valence-electron chi connectivity index (χ2n) is 2.64. The molecule has 0 radical (unpaired) electrons. The van der Waals surface area contributed by atoms with Gasteiger partial charge in [0.05, 0.1) is 0 Å². The Morgan fingerprint density at radius 3 is 3.00 bits per heavy atom. The van der Waals surface area contributed by atoms with Crippen LogP contribution in [0, 0.1) is 0 Å². The Labute approximate surface area is 65.7 Å². The molecule has 1 aliphatic rings. The van der Waals surface area contributed by atoms with Crippen LogP contribution in [0.2, 0.25) is 0 Å². The van der Waals surface area contributed by atoms with Crippen LogP contribution in [0.3, 0.4) is 0 Å². The highest BCUT2D eigenvalue weighted by Gasteiger charge is 2.11. The van der Waals surface area contributed by atoms with Crippen LogP contribution in [0.4, 0.5) is 0 Å². The van der Waals surface area contributed by atoms with Crippen molar-refractivity contribution in [1.82, 2.24) is 4.90 Å². The summed E-state index contributed by atoms with van der Waals surface area (Å²) in [6.07, 6.45) is 4.14. The van der Waals surface area contributed by atoms with Gasteiger partial charge in [0.2, 0.25) is 5.91 Å². The molecular weight excluding hydrogens is 142 g/mol. The van der Waals surface area contributed by atoms with Crippen molar-refractivity contribution in [2.45, 2.75) is 19.8 Å². The molecule has 0 fully saturated rings. The number of hydrogen-bond acceptors (Lipinski definition) is 2. The number of amides is 1. The van der Waals surface area contributed by atoms with Crippen LogP contribution in [0.1, 0.15) is 19.8 Å². The lowest BCUT2D eigenvalue weighted by atomic mass is 10.1. The Kier molecular flexibility index (Phi) is 2.41.